The third-order valence-electron chi connectivity index (χ3n) is 4.05. The summed E-state index contributed by atoms with van der Waals surface area (Å²) in [6, 6.07) is 16.7. The molecule has 0 fully saturated rings. The second-order valence-electron chi connectivity index (χ2n) is 6.89. The molecule has 0 saturated heterocycles. The van der Waals surface area contributed by atoms with Gasteiger partial charge in [-0.15, -0.1) is 10.2 Å². The van der Waals surface area contributed by atoms with E-state index in [1.807, 2.05) is 28.8 Å². The second-order valence-corrected chi connectivity index (χ2v) is 7.83. The summed E-state index contributed by atoms with van der Waals surface area (Å²) in [5.74, 6) is 1.65. The number of thioether (sulfide) groups is 1. The highest BCUT2D eigenvalue weighted by atomic mass is 32.2. The molecule has 0 amide bonds. The molecule has 0 N–H and O–H groups in total. The Morgan fingerprint density at radius 2 is 1.76 bits per heavy atom. The Morgan fingerprint density at radius 1 is 1.04 bits per heavy atom. The lowest BCUT2D eigenvalue weighted by Gasteiger charge is -2.19. The number of rotatable bonds is 5. The average Bonchev–Trinajstić information content (AvgIpc) is 3.08. The van der Waals surface area contributed by atoms with Crippen LogP contribution in [0.3, 0.4) is 0 Å². The van der Waals surface area contributed by atoms with Gasteiger partial charge in [-0.1, -0.05) is 68.9 Å². The van der Waals surface area contributed by atoms with Crippen molar-refractivity contribution in [3.05, 3.63) is 66.0 Å². The van der Waals surface area contributed by atoms with Crippen LogP contribution in [0.25, 0.3) is 5.69 Å². The molecule has 4 nitrogen and oxygen atoms in total. The first-order chi connectivity index (χ1) is 12.0. The molecule has 0 aliphatic carbocycles. The minimum Gasteiger partial charge on any atom is -0.495 e. The molecule has 0 aliphatic rings. The van der Waals surface area contributed by atoms with E-state index in [-0.39, 0.29) is 5.41 Å². The van der Waals surface area contributed by atoms with Gasteiger partial charge in [-0.3, -0.25) is 4.57 Å². The second kappa shape index (κ2) is 7.31. The molecule has 1 heterocycles. The first-order valence-corrected chi connectivity index (χ1v) is 9.23. The fourth-order valence-electron chi connectivity index (χ4n) is 2.57. The minimum atomic E-state index is 0.176. The Balaban J connectivity index is 1.76. The molecule has 25 heavy (non-hydrogen) atoms. The van der Waals surface area contributed by atoms with Crippen molar-refractivity contribution < 1.29 is 4.74 Å². The van der Waals surface area contributed by atoms with E-state index in [2.05, 4.69) is 55.2 Å². The summed E-state index contributed by atoms with van der Waals surface area (Å²) in [4.78, 5) is 0. The van der Waals surface area contributed by atoms with Gasteiger partial charge >= 0.3 is 0 Å². The molecular weight excluding hydrogens is 330 g/mol. The highest BCUT2D eigenvalue weighted by Gasteiger charge is 2.14. The summed E-state index contributed by atoms with van der Waals surface area (Å²) in [7, 11) is 1.67. The molecule has 0 saturated carbocycles. The van der Waals surface area contributed by atoms with Crippen LogP contribution in [0, 0.1) is 0 Å². The predicted molar refractivity (Wildman–Crippen MR) is 103 cm³/mol. The molecule has 1 aromatic heterocycles. The molecule has 2 aromatic carbocycles. The topological polar surface area (TPSA) is 39.9 Å². The van der Waals surface area contributed by atoms with Crippen LogP contribution in [0.15, 0.2) is 60.0 Å². The quantitative estimate of drug-likeness (QED) is 0.614. The summed E-state index contributed by atoms with van der Waals surface area (Å²) in [6.45, 7) is 6.69. The number of nitrogens with zero attached hydrogens (tertiary/aromatic N) is 3. The molecule has 0 spiro atoms. The molecule has 0 bridgehead atoms. The Kier molecular flexibility index (Phi) is 5.13. The molecule has 0 aliphatic heterocycles. The molecule has 130 valence electrons. The maximum atomic E-state index is 5.45. The van der Waals surface area contributed by atoms with Crippen molar-refractivity contribution in [1.82, 2.24) is 14.8 Å². The summed E-state index contributed by atoms with van der Waals surface area (Å²) in [5.41, 5.74) is 3.74. The fraction of sp³-hybridized carbons (Fsp3) is 0.300. The number of ether oxygens (including phenoxy) is 1. The van der Waals surface area contributed by atoms with Crippen LogP contribution in [-0.4, -0.2) is 21.9 Å². The van der Waals surface area contributed by atoms with Gasteiger partial charge in [-0.05, 0) is 28.7 Å². The van der Waals surface area contributed by atoms with Gasteiger partial charge in [-0.25, -0.2) is 0 Å². The van der Waals surface area contributed by atoms with Crippen LogP contribution < -0.4 is 4.74 Å². The van der Waals surface area contributed by atoms with Crippen molar-refractivity contribution >= 4 is 11.8 Å². The van der Waals surface area contributed by atoms with E-state index >= 15 is 0 Å². The molecule has 0 radical (unpaired) electrons. The standard InChI is InChI=1S/C20H23N3OS/c1-20(2,3)16-11-9-15(10-12-16)13-25-19-22-21-14-23(19)17-7-5-6-8-18(17)24-4/h5-12,14H,13H2,1-4H3. The van der Waals surface area contributed by atoms with Gasteiger partial charge in [0.25, 0.3) is 0 Å². The monoisotopic (exact) mass is 353 g/mol. The number of hydrogen-bond donors (Lipinski definition) is 0. The van der Waals surface area contributed by atoms with E-state index in [0.29, 0.717) is 0 Å². The van der Waals surface area contributed by atoms with Gasteiger partial charge in [0.1, 0.15) is 12.1 Å². The number of benzene rings is 2. The van der Waals surface area contributed by atoms with E-state index in [0.717, 1.165) is 22.3 Å². The summed E-state index contributed by atoms with van der Waals surface area (Å²) < 4.78 is 7.41. The van der Waals surface area contributed by atoms with E-state index in [9.17, 15) is 0 Å². The highest BCUT2D eigenvalue weighted by Crippen LogP contribution is 2.29. The van der Waals surface area contributed by atoms with Gasteiger partial charge < -0.3 is 4.74 Å². The van der Waals surface area contributed by atoms with Crippen LogP contribution in [0.2, 0.25) is 0 Å². The van der Waals surface area contributed by atoms with Crippen LogP contribution >= 0.6 is 11.8 Å². The van der Waals surface area contributed by atoms with Crippen molar-refractivity contribution in [2.45, 2.75) is 37.1 Å². The predicted octanol–water partition coefficient (Wildman–Crippen LogP) is 4.87. The van der Waals surface area contributed by atoms with Crippen LogP contribution in [-0.2, 0) is 11.2 Å². The minimum absolute atomic E-state index is 0.176. The lowest BCUT2D eigenvalue weighted by molar-refractivity contribution is 0.412. The Morgan fingerprint density at radius 3 is 2.44 bits per heavy atom. The zero-order chi connectivity index (χ0) is 17.9. The van der Waals surface area contributed by atoms with Crippen LogP contribution in [0.5, 0.6) is 5.75 Å². The smallest absolute Gasteiger partial charge is 0.196 e. The number of aromatic nitrogens is 3. The molecule has 5 heteroatoms. The first kappa shape index (κ1) is 17.5. The summed E-state index contributed by atoms with van der Waals surface area (Å²) in [5, 5.41) is 9.18. The largest absolute Gasteiger partial charge is 0.495 e. The number of para-hydroxylation sites is 2. The normalized spacial score (nSPS) is 11.5. The van der Waals surface area contributed by atoms with Gasteiger partial charge in [-0.2, -0.15) is 0 Å². The fourth-order valence-corrected chi connectivity index (χ4v) is 3.44. The molecule has 0 unspecified atom stereocenters. The zero-order valence-corrected chi connectivity index (χ0v) is 15.9. The SMILES string of the molecule is COc1ccccc1-n1cnnc1SCc1ccc(C(C)(C)C)cc1. The van der Waals surface area contributed by atoms with Gasteiger partial charge in [0.15, 0.2) is 5.16 Å². The van der Waals surface area contributed by atoms with Gasteiger partial charge in [0.05, 0.1) is 12.8 Å². The van der Waals surface area contributed by atoms with Gasteiger partial charge in [0, 0.05) is 5.75 Å². The highest BCUT2D eigenvalue weighted by molar-refractivity contribution is 7.98. The van der Waals surface area contributed by atoms with E-state index in [1.54, 1.807) is 25.2 Å². The third kappa shape index (κ3) is 4.04. The first-order valence-electron chi connectivity index (χ1n) is 8.24. The van der Waals surface area contributed by atoms with E-state index < -0.39 is 0 Å². The van der Waals surface area contributed by atoms with Crippen molar-refractivity contribution in [2.24, 2.45) is 0 Å². The zero-order valence-electron chi connectivity index (χ0n) is 15.1. The maximum absolute atomic E-state index is 5.45. The van der Waals surface area contributed by atoms with Crippen molar-refractivity contribution in [2.75, 3.05) is 7.11 Å². The van der Waals surface area contributed by atoms with Crippen molar-refractivity contribution in [1.29, 1.82) is 0 Å². The van der Waals surface area contributed by atoms with Crippen molar-refractivity contribution in [3.63, 3.8) is 0 Å². The van der Waals surface area contributed by atoms with Crippen LogP contribution in [0.4, 0.5) is 0 Å². The molecule has 3 rings (SSSR count). The molecule has 3 aromatic rings. The van der Waals surface area contributed by atoms with Crippen LogP contribution in [0.1, 0.15) is 31.9 Å². The van der Waals surface area contributed by atoms with Crippen molar-refractivity contribution in [3.8, 4) is 11.4 Å². The Hall–Kier alpha value is -2.27. The lowest BCUT2D eigenvalue weighted by Crippen LogP contribution is -2.10. The average molecular weight is 353 g/mol. The van der Waals surface area contributed by atoms with E-state index in [4.69, 9.17) is 4.74 Å². The summed E-state index contributed by atoms with van der Waals surface area (Å²) in [6.07, 6.45) is 1.73. The molecular formula is C20H23N3OS. The van der Waals surface area contributed by atoms with E-state index in [1.165, 1.54) is 11.1 Å². The summed E-state index contributed by atoms with van der Waals surface area (Å²) >= 11 is 1.67. The Bertz CT molecular complexity index is 835. The molecule has 0 atom stereocenters. The third-order valence-corrected chi connectivity index (χ3v) is 5.06. The number of hydrogen-bond acceptors (Lipinski definition) is 4. The van der Waals surface area contributed by atoms with Gasteiger partial charge in [0.2, 0.25) is 0 Å². The number of methoxy groups -OCH3 is 1. The maximum Gasteiger partial charge on any atom is 0.196 e. The lowest BCUT2D eigenvalue weighted by atomic mass is 9.87. The Labute approximate surface area is 153 Å².